The Labute approximate surface area is 131 Å². The van der Waals surface area contributed by atoms with E-state index in [1.54, 1.807) is 23.5 Å². The molecule has 1 aromatic carbocycles. The third-order valence-electron chi connectivity index (χ3n) is 3.64. The van der Waals surface area contributed by atoms with Crippen molar-refractivity contribution in [2.45, 2.75) is 24.6 Å². The van der Waals surface area contributed by atoms with Crippen molar-refractivity contribution in [3.63, 3.8) is 0 Å². The topological polar surface area (TPSA) is 69.2 Å². The van der Waals surface area contributed by atoms with Gasteiger partial charge in [0.15, 0.2) is 0 Å². The summed E-state index contributed by atoms with van der Waals surface area (Å²) in [5.74, 6) is 2.23. The van der Waals surface area contributed by atoms with E-state index in [0.29, 0.717) is 12.0 Å². The van der Waals surface area contributed by atoms with Crippen LogP contribution in [-0.4, -0.2) is 10.7 Å². The summed E-state index contributed by atoms with van der Waals surface area (Å²) < 4.78 is 0. The van der Waals surface area contributed by atoms with Crippen LogP contribution in [0.25, 0.3) is 0 Å². The van der Waals surface area contributed by atoms with Crippen molar-refractivity contribution < 1.29 is 4.92 Å². The summed E-state index contributed by atoms with van der Waals surface area (Å²) in [4.78, 5) is 13.3. The SMILES string of the molecule is NC(Cc1ccccc1[N+](=O)[O-])c1cc2c(s1)CCSC2. The molecule has 1 atom stereocenters. The Bertz CT molecular complexity index is 646. The molecule has 1 unspecified atom stereocenters. The predicted molar refractivity (Wildman–Crippen MR) is 87.9 cm³/mol. The Morgan fingerprint density at radius 3 is 2.95 bits per heavy atom. The minimum atomic E-state index is -0.335. The molecular formula is C15H16N2O2S2. The normalized spacial score (nSPS) is 15.5. The predicted octanol–water partition coefficient (Wildman–Crippen LogP) is 3.69. The highest BCUT2D eigenvalue weighted by molar-refractivity contribution is 7.98. The largest absolute Gasteiger partial charge is 0.323 e. The lowest BCUT2D eigenvalue weighted by molar-refractivity contribution is -0.385. The molecule has 2 N–H and O–H groups in total. The van der Waals surface area contributed by atoms with Crippen LogP contribution in [-0.2, 0) is 18.6 Å². The maximum absolute atomic E-state index is 11.1. The molecule has 0 fully saturated rings. The number of hydrogen-bond acceptors (Lipinski definition) is 5. The van der Waals surface area contributed by atoms with Crippen molar-refractivity contribution in [2.75, 3.05) is 5.75 Å². The first-order valence-corrected chi connectivity index (χ1v) is 8.79. The Morgan fingerprint density at radius 2 is 2.19 bits per heavy atom. The lowest BCUT2D eigenvalue weighted by atomic mass is 10.0. The molecule has 21 heavy (non-hydrogen) atoms. The van der Waals surface area contributed by atoms with Crippen molar-refractivity contribution in [3.8, 4) is 0 Å². The summed E-state index contributed by atoms with van der Waals surface area (Å²) in [5.41, 5.74) is 8.54. The minimum absolute atomic E-state index is 0.157. The fraction of sp³-hybridized carbons (Fsp3) is 0.333. The summed E-state index contributed by atoms with van der Waals surface area (Å²) >= 11 is 3.72. The number of rotatable bonds is 4. The Morgan fingerprint density at radius 1 is 1.38 bits per heavy atom. The maximum Gasteiger partial charge on any atom is 0.272 e. The van der Waals surface area contributed by atoms with Crippen LogP contribution >= 0.6 is 23.1 Å². The van der Waals surface area contributed by atoms with Crippen molar-refractivity contribution in [3.05, 3.63) is 61.3 Å². The van der Waals surface area contributed by atoms with E-state index in [2.05, 4.69) is 6.07 Å². The molecule has 0 bridgehead atoms. The smallest absolute Gasteiger partial charge is 0.272 e. The van der Waals surface area contributed by atoms with Gasteiger partial charge in [-0.1, -0.05) is 18.2 Å². The van der Waals surface area contributed by atoms with Gasteiger partial charge in [-0.15, -0.1) is 11.3 Å². The highest BCUT2D eigenvalue weighted by atomic mass is 32.2. The molecule has 0 amide bonds. The van der Waals surface area contributed by atoms with E-state index in [9.17, 15) is 10.1 Å². The summed E-state index contributed by atoms with van der Waals surface area (Å²) in [6, 6.07) is 8.86. The molecule has 1 aromatic heterocycles. The van der Waals surface area contributed by atoms with E-state index >= 15 is 0 Å². The molecule has 0 radical (unpaired) electrons. The summed E-state index contributed by atoms with van der Waals surface area (Å²) in [6.45, 7) is 0. The molecule has 6 heteroatoms. The average molecular weight is 320 g/mol. The van der Waals surface area contributed by atoms with E-state index in [-0.39, 0.29) is 16.7 Å². The van der Waals surface area contributed by atoms with Crippen LogP contribution in [0.1, 0.15) is 26.9 Å². The second-order valence-corrected chi connectivity index (χ2v) is 7.37. The van der Waals surface area contributed by atoms with Gasteiger partial charge >= 0.3 is 0 Å². The number of nitrogens with two attached hydrogens (primary N) is 1. The zero-order valence-corrected chi connectivity index (χ0v) is 13.1. The van der Waals surface area contributed by atoms with Gasteiger partial charge in [0.25, 0.3) is 5.69 Å². The van der Waals surface area contributed by atoms with Crippen LogP contribution < -0.4 is 5.73 Å². The van der Waals surface area contributed by atoms with Gasteiger partial charge in [-0.3, -0.25) is 10.1 Å². The molecule has 2 heterocycles. The zero-order valence-electron chi connectivity index (χ0n) is 11.5. The van der Waals surface area contributed by atoms with Gasteiger partial charge in [-0.05, 0) is 30.2 Å². The van der Waals surface area contributed by atoms with Crippen LogP contribution in [0.4, 0.5) is 5.69 Å². The number of nitro benzene ring substituents is 1. The van der Waals surface area contributed by atoms with Crippen molar-refractivity contribution in [1.82, 2.24) is 0 Å². The molecule has 1 aliphatic heterocycles. The second-order valence-electron chi connectivity index (χ2n) is 5.10. The van der Waals surface area contributed by atoms with E-state index in [1.807, 2.05) is 17.8 Å². The molecule has 1 aliphatic rings. The lowest BCUT2D eigenvalue weighted by Gasteiger charge is -2.09. The number of para-hydroxylation sites is 1. The zero-order chi connectivity index (χ0) is 14.8. The van der Waals surface area contributed by atoms with E-state index < -0.39 is 0 Å². The number of aryl methyl sites for hydroxylation is 1. The van der Waals surface area contributed by atoms with E-state index in [0.717, 1.165) is 17.1 Å². The van der Waals surface area contributed by atoms with Gasteiger partial charge < -0.3 is 5.73 Å². The number of thioether (sulfide) groups is 1. The highest BCUT2D eigenvalue weighted by Gasteiger charge is 2.20. The standard InChI is InChI=1S/C15H16N2O2S2/c16-12(7-10-3-1-2-4-13(10)17(18)19)15-8-11-9-20-6-5-14(11)21-15/h1-4,8,12H,5-7,9,16H2. The Kier molecular flexibility index (Phi) is 4.28. The molecule has 0 saturated heterocycles. The monoisotopic (exact) mass is 320 g/mol. The molecule has 2 aromatic rings. The fourth-order valence-electron chi connectivity index (χ4n) is 2.55. The molecule has 0 spiro atoms. The summed E-state index contributed by atoms with van der Waals surface area (Å²) in [7, 11) is 0. The van der Waals surface area contributed by atoms with E-state index in [1.165, 1.54) is 22.3 Å². The molecule has 110 valence electrons. The first-order valence-electron chi connectivity index (χ1n) is 6.82. The number of nitro groups is 1. The molecule has 0 saturated carbocycles. The number of fused-ring (bicyclic) bond motifs is 1. The summed E-state index contributed by atoms with van der Waals surface area (Å²) in [5, 5.41) is 11.1. The third-order valence-corrected chi connectivity index (χ3v) is 6.02. The van der Waals surface area contributed by atoms with Gasteiger partial charge in [0.05, 0.1) is 4.92 Å². The van der Waals surface area contributed by atoms with Gasteiger partial charge in [0, 0.05) is 33.2 Å². The van der Waals surface area contributed by atoms with Gasteiger partial charge in [0.1, 0.15) is 0 Å². The van der Waals surface area contributed by atoms with Gasteiger partial charge in [-0.25, -0.2) is 0 Å². The van der Waals surface area contributed by atoms with Crippen molar-refractivity contribution in [2.24, 2.45) is 5.73 Å². The van der Waals surface area contributed by atoms with Crippen LogP contribution in [0.2, 0.25) is 0 Å². The van der Waals surface area contributed by atoms with Gasteiger partial charge in [-0.2, -0.15) is 11.8 Å². The number of thiophene rings is 1. The molecule has 0 aliphatic carbocycles. The van der Waals surface area contributed by atoms with E-state index in [4.69, 9.17) is 5.73 Å². The van der Waals surface area contributed by atoms with Crippen LogP contribution in [0.5, 0.6) is 0 Å². The van der Waals surface area contributed by atoms with Crippen LogP contribution in [0, 0.1) is 10.1 Å². The molecule has 3 rings (SSSR count). The quantitative estimate of drug-likeness (QED) is 0.689. The van der Waals surface area contributed by atoms with Crippen molar-refractivity contribution >= 4 is 28.8 Å². The maximum atomic E-state index is 11.1. The first-order chi connectivity index (χ1) is 10.1. The molecular weight excluding hydrogens is 304 g/mol. The van der Waals surface area contributed by atoms with Crippen molar-refractivity contribution in [1.29, 1.82) is 0 Å². The fourth-order valence-corrected chi connectivity index (χ4v) is 4.93. The third kappa shape index (κ3) is 3.12. The first kappa shape index (κ1) is 14.6. The average Bonchev–Trinajstić information content (AvgIpc) is 2.91. The Balaban J connectivity index is 1.82. The number of benzene rings is 1. The summed E-state index contributed by atoms with van der Waals surface area (Å²) in [6.07, 6.45) is 1.62. The minimum Gasteiger partial charge on any atom is -0.323 e. The van der Waals surface area contributed by atoms with Crippen LogP contribution in [0.3, 0.4) is 0 Å². The Hall–Kier alpha value is -1.37. The second kappa shape index (κ2) is 6.17. The highest BCUT2D eigenvalue weighted by Crippen LogP contribution is 2.35. The van der Waals surface area contributed by atoms with Gasteiger partial charge in [0.2, 0.25) is 0 Å². The van der Waals surface area contributed by atoms with Crippen LogP contribution in [0.15, 0.2) is 30.3 Å². The number of nitrogens with zero attached hydrogens (tertiary/aromatic N) is 1. The molecule has 4 nitrogen and oxygen atoms in total. The lowest BCUT2D eigenvalue weighted by Crippen LogP contribution is -2.12. The number of hydrogen-bond donors (Lipinski definition) is 1.